The van der Waals surface area contributed by atoms with Gasteiger partial charge in [0.1, 0.15) is 5.56 Å². The molecule has 9 heteroatoms. The summed E-state index contributed by atoms with van der Waals surface area (Å²) < 4.78 is 0. The van der Waals surface area contributed by atoms with E-state index in [0.29, 0.717) is 16.8 Å². The highest BCUT2D eigenvalue weighted by Gasteiger charge is 2.26. The summed E-state index contributed by atoms with van der Waals surface area (Å²) in [6, 6.07) is 21.8. The lowest BCUT2D eigenvalue weighted by molar-refractivity contribution is -0.385. The number of carboxylic acid groups (broad SMARTS) is 1. The number of nitro benzene ring substituents is 1. The maximum absolute atomic E-state index is 12.7. The van der Waals surface area contributed by atoms with Gasteiger partial charge in [-0.1, -0.05) is 60.7 Å². The first-order valence-electron chi connectivity index (χ1n) is 10.4. The summed E-state index contributed by atoms with van der Waals surface area (Å²) >= 11 is 0. The van der Waals surface area contributed by atoms with Crippen LogP contribution in [0, 0.1) is 10.1 Å². The second kappa shape index (κ2) is 9.78. The lowest BCUT2D eigenvalue weighted by atomic mass is 9.91. The number of nitrogens with one attached hydrogen (secondary N) is 2. The van der Waals surface area contributed by atoms with Gasteiger partial charge in [0.2, 0.25) is 0 Å². The number of hydrazone groups is 1. The number of para-hydroxylation sites is 2. The minimum atomic E-state index is -1.04. The molecule has 0 aliphatic rings. The predicted molar refractivity (Wildman–Crippen MR) is 127 cm³/mol. The van der Waals surface area contributed by atoms with E-state index in [0.717, 1.165) is 10.9 Å². The number of benzene rings is 3. The van der Waals surface area contributed by atoms with Crippen LogP contribution in [0.5, 0.6) is 0 Å². The van der Waals surface area contributed by atoms with E-state index in [9.17, 15) is 24.8 Å². The van der Waals surface area contributed by atoms with Crippen molar-refractivity contribution in [2.24, 2.45) is 5.10 Å². The molecular weight excluding hydrogens is 436 g/mol. The smallest absolute Gasteiger partial charge is 0.311 e. The van der Waals surface area contributed by atoms with E-state index < -0.39 is 22.7 Å². The SMILES string of the molecule is O=C(N/N=C(/CC(C(=O)O)c1c[nH]c2ccccc12)c1ccccc1)c1ccccc1[N+](=O)[O-]. The predicted octanol–water partition coefficient (Wildman–Crippen LogP) is 4.47. The van der Waals surface area contributed by atoms with Gasteiger partial charge < -0.3 is 10.1 Å². The van der Waals surface area contributed by atoms with Gasteiger partial charge in [-0.15, -0.1) is 0 Å². The summed E-state index contributed by atoms with van der Waals surface area (Å²) in [5.41, 5.74) is 4.22. The molecule has 1 heterocycles. The molecule has 3 N–H and O–H groups in total. The third kappa shape index (κ3) is 4.68. The molecule has 1 aromatic heterocycles. The maximum atomic E-state index is 12.7. The van der Waals surface area contributed by atoms with Crippen LogP contribution in [0.25, 0.3) is 10.9 Å². The normalized spacial score (nSPS) is 12.3. The monoisotopic (exact) mass is 456 g/mol. The van der Waals surface area contributed by atoms with Gasteiger partial charge in [-0.2, -0.15) is 5.10 Å². The molecule has 1 unspecified atom stereocenters. The molecule has 0 spiro atoms. The summed E-state index contributed by atoms with van der Waals surface area (Å²) in [4.78, 5) is 38.7. The fourth-order valence-electron chi connectivity index (χ4n) is 3.77. The Balaban J connectivity index is 1.69. The van der Waals surface area contributed by atoms with Crippen molar-refractivity contribution >= 4 is 34.2 Å². The Morgan fingerprint density at radius 2 is 1.68 bits per heavy atom. The molecule has 170 valence electrons. The van der Waals surface area contributed by atoms with Crippen LogP contribution >= 0.6 is 0 Å². The van der Waals surface area contributed by atoms with Gasteiger partial charge in [-0.3, -0.25) is 19.7 Å². The molecule has 0 radical (unpaired) electrons. The van der Waals surface area contributed by atoms with Crippen LogP contribution in [0.15, 0.2) is 90.2 Å². The van der Waals surface area contributed by atoms with Crippen molar-refractivity contribution in [1.82, 2.24) is 10.4 Å². The largest absolute Gasteiger partial charge is 0.481 e. The van der Waals surface area contributed by atoms with Crippen LogP contribution in [0.2, 0.25) is 0 Å². The molecular formula is C25H20N4O5. The van der Waals surface area contributed by atoms with E-state index in [1.165, 1.54) is 24.3 Å². The first-order chi connectivity index (χ1) is 16.5. The van der Waals surface area contributed by atoms with Crippen molar-refractivity contribution in [3.05, 3.63) is 112 Å². The van der Waals surface area contributed by atoms with Crippen molar-refractivity contribution in [2.45, 2.75) is 12.3 Å². The summed E-state index contributed by atoms with van der Waals surface area (Å²) in [6.45, 7) is 0. The Bertz CT molecular complexity index is 1390. The van der Waals surface area contributed by atoms with Crippen molar-refractivity contribution in [2.75, 3.05) is 0 Å². The minimum absolute atomic E-state index is 0.0155. The van der Waals surface area contributed by atoms with Gasteiger partial charge in [-0.05, 0) is 23.3 Å². The van der Waals surface area contributed by atoms with Crippen LogP contribution in [-0.4, -0.2) is 32.6 Å². The number of carbonyl (C=O) groups is 2. The number of nitro groups is 1. The second-order valence-electron chi connectivity index (χ2n) is 7.52. The molecule has 0 aliphatic heterocycles. The number of carbonyl (C=O) groups excluding carboxylic acids is 1. The number of aromatic amines is 1. The Labute approximate surface area is 193 Å². The second-order valence-corrected chi connectivity index (χ2v) is 7.52. The highest BCUT2D eigenvalue weighted by molar-refractivity contribution is 6.05. The molecule has 4 aromatic rings. The number of amides is 1. The number of carboxylic acids is 1. The van der Waals surface area contributed by atoms with Crippen LogP contribution < -0.4 is 5.43 Å². The van der Waals surface area contributed by atoms with Crippen LogP contribution in [0.3, 0.4) is 0 Å². The fourth-order valence-corrected chi connectivity index (χ4v) is 3.77. The van der Waals surface area contributed by atoms with E-state index in [4.69, 9.17) is 0 Å². The summed E-state index contributed by atoms with van der Waals surface area (Å²) in [7, 11) is 0. The average Bonchev–Trinajstić information content (AvgIpc) is 3.28. The standard InChI is InChI=1S/C25H20N4O5/c30-24(18-11-5-7-13-23(18)29(33)34)28-27-22(16-8-2-1-3-9-16)14-19(25(31)32)20-15-26-21-12-6-4-10-17(20)21/h1-13,15,19,26H,14H2,(H,28,30)(H,31,32)/b27-22-. The third-order valence-electron chi connectivity index (χ3n) is 5.44. The van der Waals surface area contributed by atoms with E-state index >= 15 is 0 Å². The Morgan fingerprint density at radius 3 is 2.41 bits per heavy atom. The summed E-state index contributed by atoms with van der Waals surface area (Å²) in [5, 5.41) is 26.3. The zero-order valence-corrected chi connectivity index (χ0v) is 17.8. The molecule has 34 heavy (non-hydrogen) atoms. The Hall–Kier alpha value is -4.79. The van der Waals surface area contributed by atoms with E-state index in [1.54, 1.807) is 36.5 Å². The third-order valence-corrected chi connectivity index (χ3v) is 5.44. The van der Waals surface area contributed by atoms with Crippen molar-refractivity contribution < 1.29 is 19.6 Å². The first-order valence-corrected chi connectivity index (χ1v) is 10.4. The molecule has 3 aromatic carbocycles. The number of fused-ring (bicyclic) bond motifs is 1. The van der Waals surface area contributed by atoms with Crippen LogP contribution in [0.1, 0.15) is 33.8 Å². The number of hydrogen-bond acceptors (Lipinski definition) is 5. The lowest BCUT2D eigenvalue weighted by Gasteiger charge is -2.14. The van der Waals surface area contributed by atoms with E-state index in [-0.39, 0.29) is 17.7 Å². The molecule has 0 saturated heterocycles. The summed E-state index contributed by atoms with van der Waals surface area (Å²) in [5.74, 6) is -2.75. The Kier molecular flexibility index (Phi) is 6.45. The molecule has 4 rings (SSSR count). The number of hydrogen-bond donors (Lipinski definition) is 3. The Morgan fingerprint density at radius 1 is 1.00 bits per heavy atom. The van der Waals surface area contributed by atoms with Crippen molar-refractivity contribution in [1.29, 1.82) is 0 Å². The zero-order valence-electron chi connectivity index (χ0n) is 17.8. The molecule has 0 saturated carbocycles. The average molecular weight is 456 g/mol. The molecule has 1 amide bonds. The number of H-pyrrole nitrogens is 1. The molecule has 0 fully saturated rings. The quantitative estimate of drug-likeness (QED) is 0.204. The molecule has 0 bridgehead atoms. The number of aromatic nitrogens is 1. The van der Waals surface area contributed by atoms with E-state index in [2.05, 4.69) is 15.5 Å². The highest BCUT2D eigenvalue weighted by atomic mass is 16.6. The van der Waals surface area contributed by atoms with Gasteiger partial charge in [-0.25, -0.2) is 5.43 Å². The molecule has 0 aliphatic carbocycles. The fraction of sp³-hybridized carbons (Fsp3) is 0.0800. The van der Waals surface area contributed by atoms with Crippen molar-refractivity contribution in [3.8, 4) is 0 Å². The molecule has 9 nitrogen and oxygen atoms in total. The number of aliphatic carboxylic acids is 1. The van der Waals surface area contributed by atoms with Crippen molar-refractivity contribution in [3.63, 3.8) is 0 Å². The zero-order chi connectivity index (χ0) is 24.1. The molecule has 1 atom stereocenters. The number of nitrogens with zero attached hydrogens (tertiary/aromatic N) is 2. The maximum Gasteiger partial charge on any atom is 0.311 e. The van der Waals surface area contributed by atoms with E-state index in [1.807, 2.05) is 24.3 Å². The minimum Gasteiger partial charge on any atom is -0.481 e. The van der Waals surface area contributed by atoms with Gasteiger partial charge >= 0.3 is 5.97 Å². The van der Waals surface area contributed by atoms with Gasteiger partial charge in [0, 0.05) is 29.6 Å². The van der Waals surface area contributed by atoms with Gasteiger partial charge in [0.25, 0.3) is 11.6 Å². The van der Waals surface area contributed by atoms with Crippen LogP contribution in [0.4, 0.5) is 5.69 Å². The van der Waals surface area contributed by atoms with Gasteiger partial charge in [0.15, 0.2) is 0 Å². The first kappa shape index (κ1) is 22.4. The lowest BCUT2D eigenvalue weighted by Crippen LogP contribution is -2.23. The highest BCUT2D eigenvalue weighted by Crippen LogP contribution is 2.29. The van der Waals surface area contributed by atoms with Crippen LogP contribution in [-0.2, 0) is 4.79 Å². The van der Waals surface area contributed by atoms with Gasteiger partial charge in [0.05, 0.1) is 16.6 Å². The number of rotatable bonds is 8. The summed E-state index contributed by atoms with van der Waals surface area (Å²) in [6.07, 6.45) is 1.65. The topological polar surface area (TPSA) is 138 Å².